The maximum atomic E-state index is 8.81. The molecule has 0 aliphatic carbocycles. The van der Waals surface area contributed by atoms with E-state index in [2.05, 4.69) is 9.98 Å². The van der Waals surface area contributed by atoms with Gasteiger partial charge in [-0.15, -0.1) is 0 Å². The van der Waals surface area contributed by atoms with Crippen LogP contribution in [0.15, 0.2) is 46.8 Å². The van der Waals surface area contributed by atoms with E-state index in [9.17, 15) is 0 Å². The van der Waals surface area contributed by atoms with E-state index >= 15 is 0 Å². The molecule has 0 atom stereocenters. The van der Waals surface area contributed by atoms with E-state index < -0.39 is 0 Å². The zero-order valence-corrected chi connectivity index (χ0v) is 10.3. The van der Waals surface area contributed by atoms with Crippen molar-refractivity contribution in [2.45, 2.75) is 5.03 Å². The quantitative estimate of drug-likeness (QED) is 0.898. The number of aliphatic hydroxyl groups excluding tert-OH is 1. The molecule has 0 saturated carbocycles. The van der Waals surface area contributed by atoms with Crippen LogP contribution in [0.2, 0.25) is 0 Å². The maximum absolute atomic E-state index is 8.81. The third-order valence-electron chi connectivity index (χ3n) is 2.47. The molecule has 1 N–H and O–H groups in total. The van der Waals surface area contributed by atoms with Crippen molar-refractivity contribution in [2.24, 2.45) is 4.99 Å². The van der Waals surface area contributed by atoms with Gasteiger partial charge in [0, 0.05) is 0 Å². The summed E-state index contributed by atoms with van der Waals surface area (Å²) in [4.78, 5) is 8.60. The van der Waals surface area contributed by atoms with E-state index in [1.807, 2.05) is 28.8 Å². The summed E-state index contributed by atoms with van der Waals surface area (Å²) in [5.41, 5.74) is 1.80. The molecule has 3 rings (SSSR count). The molecule has 2 aromatic rings. The lowest BCUT2D eigenvalue weighted by molar-refractivity contribution is 0.198. The Morgan fingerprint density at radius 1 is 1.33 bits per heavy atom. The van der Waals surface area contributed by atoms with Crippen LogP contribution in [-0.4, -0.2) is 33.1 Å². The Morgan fingerprint density at radius 3 is 3.11 bits per heavy atom. The third-order valence-corrected chi connectivity index (χ3v) is 3.36. The van der Waals surface area contributed by atoms with Crippen molar-refractivity contribution in [2.75, 3.05) is 13.2 Å². The molecule has 92 valence electrons. The number of rotatable bonds is 2. The molecular formula is C12H11N3O2S. The van der Waals surface area contributed by atoms with Crippen LogP contribution in [0.4, 0.5) is 5.69 Å². The van der Waals surface area contributed by atoms with Gasteiger partial charge in [0.1, 0.15) is 18.0 Å². The fraction of sp³-hybridized carbons (Fsp3) is 0.167. The number of para-hydroxylation sites is 2. The van der Waals surface area contributed by atoms with Gasteiger partial charge in [-0.3, -0.25) is 4.57 Å². The first kappa shape index (κ1) is 11.3. The fourth-order valence-corrected chi connectivity index (χ4v) is 2.53. The molecule has 0 amide bonds. The molecule has 18 heavy (non-hydrogen) atoms. The second-order valence-corrected chi connectivity index (χ2v) is 4.61. The Morgan fingerprint density at radius 2 is 2.22 bits per heavy atom. The molecule has 0 fully saturated rings. The van der Waals surface area contributed by atoms with Crippen LogP contribution in [0, 0.1) is 0 Å². The second-order valence-electron chi connectivity index (χ2n) is 3.64. The number of aliphatic imine (C=N–C) groups is 1. The average molecular weight is 261 g/mol. The van der Waals surface area contributed by atoms with Crippen LogP contribution in [0.1, 0.15) is 0 Å². The van der Waals surface area contributed by atoms with Gasteiger partial charge in [-0.1, -0.05) is 12.1 Å². The summed E-state index contributed by atoms with van der Waals surface area (Å²) in [6.45, 7) is 0.211. The SMILES string of the molecule is OCCOC1=Nc2ccccc2-n2cncc2S1. The minimum Gasteiger partial charge on any atom is -0.470 e. The van der Waals surface area contributed by atoms with Crippen LogP contribution < -0.4 is 0 Å². The summed E-state index contributed by atoms with van der Waals surface area (Å²) in [7, 11) is 0. The van der Waals surface area contributed by atoms with Crippen LogP contribution >= 0.6 is 11.8 Å². The lowest BCUT2D eigenvalue weighted by Crippen LogP contribution is -2.04. The minimum absolute atomic E-state index is 0.0273. The zero-order valence-electron chi connectivity index (χ0n) is 9.48. The molecule has 1 aromatic carbocycles. The Bertz CT molecular complexity index is 595. The fourth-order valence-electron chi connectivity index (χ4n) is 1.71. The highest BCUT2D eigenvalue weighted by Gasteiger charge is 2.17. The minimum atomic E-state index is -0.0273. The number of aliphatic hydroxyl groups is 1. The Hall–Kier alpha value is -1.79. The summed E-state index contributed by atoms with van der Waals surface area (Å²) in [5, 5.41) is 10.3. The van der Waals surface area contributed by atoms with E-state index in [-0.39, 0.29) is 13.2 Å². The molecule has 0 bridgehead atoms. The Balaban J connectivity index is 2.07. The topological polar surface area (TPSA) is 59.6 Å². The number of hydrogen-bond donors (Lipinski definition) is 1. The van der Waals surface area contributed by atoms with Gasteiger partial charge in [-0.25, -0.2) is 9.98 Å². The van der Waals surface area contributed by atoms with Gasteiger partial charge in [-0.05, 0) is 23.9 Å². The molecule has 1 aliphatic heterocycles. The van der Waals surface area contributed by atoms with Crippen LogP contribution in [0.5, 0.6) is 0 Å². The summed E-state index contributed by atoms with van der Waals surface area (Å²) in [6.07, 6.45) is 3.52. The van der Waals surface area contributed by atoms with Crippen LogP contribution in [0.25, 0.3) is 5.69 Å². The first-order valence-corrected chi connectivity index (χ1v) is 6.32. The maximum Gasteiger partial charge on any atom is 0.257 e. The van der Waals surface area contributed by atoms with Crippen molar-refractivity contribution < 1.29 is 9.84 Å². The first-order valence-electron chi connectivity index (χ1n) is 5.50. The number of fused-ring (bicyclic) bond motifs is 3. The number of aromatic nitrogens is 2. The standard InChI is InChI=1S/C12H11N3O2S/c16-5-6-17-12-14-9-3-1-2-4-10(9)15-8-13-7-11(15)18-12/h1-4,7-8,16H,5-6H2. The first-order chi connectivity index (χ1) is 8.88. The van der Waals surface area contributed by atoms with Gasteiger partial charge < -0.3 is 9.84 Å². The predicted octanol–water partition coefficient (Wildman–Crippen LogP) is 1.97. The van der Waals surface area contributed by atoms with Crippen molar-refractivity contribution in [3.8, 4) is 5.69 Å². The number of nitrogens with zero attached hydrogens (tertiary/aromatic N) is 3. The van der Waals surface area contributed by atoms with Crippen LogP contribution in [-0.2, 0) is 4.74 Å². The lowest BCUT2D eigenvalue weighted by atomic mass is 10.2. The highest BCUT2D eigenvalue weighted by Crippen LogP contribution is 2.34. The van der Waals surface area contributed by atoms with E-state index in [1.165, 1.54) is 11.8 Å². The van der Waals surface area contributed by atoms with E-state index in [0.717, 1.165) is 16.4 Å². The molecular weight excluding hydrogens is 250 g/mol. The highest BCUT2D eigenvalue weighted by atomic mass is 32.2. The highest BCUT2D eigenvalue weighted by molar-refractivity contribution is 8.13. The predicted molar refractivity (Wildman–Crippen MR) is 69.6 cm³/mol. The van der Waals surface area contributed by atoms with Crippen molar-refractivity contribution in [1.82, 2.24) is 9.55 Å². The van der Waals surface area contributed by atoms with Gasteiger partial charge in [0.15, 0.2) is 0 Å². The molecule has 0 radical (unpaired) electrons. The van der Waals surface area contributed by atoms with Crippen molar-refractivity contribution >= 4 is 22.7 Å². The van der Waals surface area contributed by atoms with E-state index in [4.69, 9.17) is 9.84 Å². The van der Waals surface area contributed by atoms with Crippen molar-refractivity contribution in [3.05, 3.63) is 36.8 Å². The van der Waals surface area contributed by atoms with Crippen LogP contribution in [0.3, 0.4) is 0 Å². The molecule has 6 heteroatoms. The number of ether oxygens (including phenoxy) is 1. The van der Waals surface area contributed by atoms with Gasteiger partial charge in [0.25, 0.3) is 5.23 Å². The molecule has 0 spiro atoms. The molecule has 0 saturated heterocycles. The number of imidazole rings is 1. The number of benzene rings is 1. The summed E-state index contributed by atoms with van der Waals surface area (Å²) in [6, 6.07) is 7.80. The summed E-state index contributed by atoms with van der Waals surface area (Å²) in [5.74, 6) is 0. The van der Waals surface area contributed by atoms with Gasteiger partial charge in [0.2, 0.25) is 0 Å². The molecule has 1 aliphatic rings. The second kappa shape index (κ2) is 4.83. The van der Waals surface area contributed by atoms with Gasteiger partial charge >= 0.3 is 0 Å². The Kier molecular flexibility index (Phi) is 3.04. The van der Waals surface area contributed by atoms with Gasteiger partial charge in [0.05, 0.1) is 24.2 Å². The normalized spacial score (nSPS) is 13.3. The molecule has 2 heterocycles. The summed E-state index contributed by atoms with van der Waals surface area (Å²) < 4.78 is 7.39. The van der Waals surface area contributed by atoms with E-state index in [0.29, 0.717) is 5.23 Å². The molecule has 5 nitrogen and oxygen atoms in total. The molecule has 0 unspecified atom stereocenters. The summed E-state index contributed by atoms with van der Waals surface area (Å²) >= 11 is 1.40. The Labute approximate surface area is 108 Å². The smallest absolute Gasteiger partial charge is 0.257 e. The largest absolute Gasteiger partial charge is 0.470 e. The third kappa shape index (κ3) is 2.00. The van der Waals surface area contributed by atoms with E-state index in [1.54, 1.807) is 12.5 Å². The van der Waals surface area contributed by atoms with Gasteiger partial charge in [-0.2, -0.15) is 0 Å². The number of thioether (sulfide) groups is 1. The zero-order chi connectivity index (χ0) is 12.4. The van der Waals surface area contributed by atoms with Crippen molar-refractivity contribution in [3.63, 3.8) is 0 Å². The molecule has 1 aromatic heterocycles. The lowest BCUT2D eigenvalue weighted by Gasteiger charge is -2.05. The number of hydrogen-bond acceptors (Lipinski definition) is 5. The average Bonchev–Trinajstić information content (AvgIpc) is 2.79. The monoisotopic (exact) mass is 261 g/mol. The van der Waals surface area contributed by atoms with Crippen molar-refractivity contribution in [1.29, 1.82) is 0 Å².